The van der Waals surface area contributed by atoms with Crippen molar-refractivity contribution in [2.45, 2.75) is 51.5 Å². The number of esters is 1. The predicted octanol–water partition coefficient (Wildman–Crippen LogP) is 2.11. The number of methoxy groups -OCH3 is 1. The van der Waals surface area contributed by atoms with Crippen LogP contribution in [-0.2, 0) is 9.53 Å². The van der Waals surface area contributed by atoms with E-state index in [-0.39, 0.29) is 12.0 Å². The smallest absolute Gasteiger partial charge is 0.322 e. The summed E-state index contributed by atoms with van der Waals surface area (Å²) < 4.78 is 4.68. The molecule has 1 N–H and O–H groups in total. The normalized spacial score (nSPS) is 20.7. The predicted molar refractivity (Wildman–Crippen MR) is 60.7 cm³/mol. The van der Waals surface area contributed by atoms with Gasteiger partial charge in [-0.1, -0.05) is 25.7 Å². The van der Waals surface area contributed by atoms with Crippen LogP contribution in [-0.4, -0.2) is 25.7 Å². The van der Waals surface area contributed by atoms with Crippen molar-refractivity contribution in [3.63, 3.8) is 0 Å². The van der Waals surface area contributed by atoms with E-state index >= 15 is 0 Å². The molecule has 0 amide bonds. The maximum atomic E-state index is 11.2. The Morgan fingerprint density at radius 2 is 1.93 bits per heavy atom. The second-order valence-corrected chi connectivity index (χ2v) is 4.51. The molecule has 0 radical (unpaired) electrons. The van der Waals surface area contributed by atoms with E-state index in [1.807, 2.05) is 6.92 Å². The van der Waals surface area contributed by atoms with Gasteiger partial charge in [0.1, 0.15) is 6.04 Å². The fraction of sp³-hybridized carbons (Fsp3) is 0.917. The van der Waals surface area contributed by atoms with Gasteiger partial charge in [-0.3, -0.25) is 4.79 Å². The van der Waals surface area contributed by atoms with Gasteiger partial charge in [-0.05, 0) is 32.2 Å². The summed E-state index contributed by atoms with van der Waals surface area (Å²) in [4.78, 5) is 11.2. The third-order valence-corrected chi connectivity index (χ3v) is 3.24. The molecule has 0 bridgehead atoms. The van der Waals surface area contributed by atoms with Gasteiger partial charge in [0.25, 0.3) is 0 Å². The molecule has 3 heteroatoms. The Morgan fingerprint density at radius 3 is 2.47 bits per heavy atom. The summed E-state index contributed by atoms with van der Waals surface area (Å²) in [7, 11) is 1.44. The molecule has 1 atom stereocenters. The number of rotatable bonds is 4. The first kappa shape index (κ1) is 12.5. The number of hydrogen-bond donors (Lipinski definition) is 1. The standard InChI is InChI=1S/C12H23NO2/c1-10(12(14)15-2)13-9-11-7-5-3-4-6-8-11/h10-11,13H,3-9H2,1-2H3/t10-/m0/s1. The van der Waals surface area contributed by atoms with Crippen molar-refractivity contribution in [3.05, 3.63) is 0 Å². The van der Waals surface area contributed by atoms with Crippen molar-refractivity contribution < 1.29 is 9.53 Å². The average Bonchev–Trinajstić information content (AvgIpc) is 2.53. The lowest BCUT2D eigenvalue weighted by molar-refractivity contribution is -0.142. The molecule has 0 aliphatic heterocycles. The van der Waals surface area contributed by atoms with Crippen molar-refractivity contribution >= 4 is 5.97 Å². The minimum Gasteiger partial charge on any atom is -0.468 e. The molecular formula is C12H23NO2. The summed E-state index contributed by atoms with van der Waals surface area (Å²) in [6.45, 7) is 2.82. The van der Waals surface area contributed by atoms with Crippen molar-refractivity contribution in [1.29, 1.82) is 0 Å². The lowest BCUT2D eigenvalue weighted by Gasteiger charge is -2.17. The van der Waals surface area contributed by atoms with Crippen LogP contribution < -0.4 is 5.32 Å². The molecule has 0 aromatic carbocycles. The molecule has 3 nitrogen and oxygen atoms in total. The molecule has 0 heterocycles. The van der Waals surface area contributed by atoms with E-state index in [1.165, 1.54) is 45.6 Å². The molecule has 0 unspecified atom stereocenters. The highest BCUT2D eigenvalue weighted by Gasteiger charge is 2.16. The third kappa shape index (κ3) is 4.65. The molecule has 0 spiro atoms. The lowest BCUT2D eigenvalue weighted by atomic mass is 10.0. The number of ether oxygens (including phenoxy) is 1. The highest BCUT2D eigenvalue weighted by Crippen LogP contribution is 2.22. The first-order valence-corrected chi connectivity index (χ1v) is 6.05. The molecule has 1 aliphatic rings. The van der Waals surface area contributed by atoms with Crippen LogP contribution in [0.15, 0.2) is 0 Å². The van der Waals surface area contributed by atoms with E-state index in [9.17, 15) is 4.79 Å². The summed E-state index contributed by atoms with van der Waals surface area (Å²) >= 11 is 0. The van der Waals surface area contributed by atoms with Crippen LogP contribution in [0.25, 0.3) is 0 Å². The molecule has 0 aromatic rings. The minimum atomic E-state index is -0.168. The molecule has 1 rings (SSSR count). The van der Waals surface area contributed by atoms with E-state index < -0.39 is 0 Å². The third-order valence-electron chi connectivity index (χ3n) is 3.24. The van der Waals surface area contributed by atoms with Gasteiger partial charge in [0, 0.05) is 0 Å². The van der Waals surface area contributed by atoms with Crippen molar-refractivity contribution in [1.82, 2.24) is 5.32 Å². The molecule has 1 fully saturated rings. The van der Waals surface area contributed by atoms with E-state index in [0.29, 0.717) is 0 Å². The van der Waals surface area contributed by atoms with Gasteiger partial charge in [0.15, 0.2) is 0 Å². The number of carbonyl (C=O) groups is 1. The van der Waals surface area contributed by atoms with E-state index in [2.05, 4.69) is 10.1 Å². The quantitative estimate of drug-likeness (QED) is 0.574. The van der Waals surface area contributed by atoms with Crippen LogP contribution in [0.5, 0.6) is 0 Å². The zero-order valence-electron chi connectivity index (χ0n) is 9.92. The first-order valence-electron chi connectivity index (χ1n) is 6.05. The maximum Gasteiger partial charge on any atom is 0.322 e. The Morgan fingerprint density at radius 1 is 1.33 bits per heavy atom. The minimum absolute atomic E-state index is 0.163. The molecule has 0 aromatic heterocycles. The summed E-state index contributed by atoms with van der Waals surface area (Å²) in [6, 6.07) is -0.168. The molecular weight excluding hydrogens is 190 g/mol. The van der Waals surface area contributed by atoms with Crippen molar-refractivity contribution in [3.8, 4) is 0 Å². The van der Waals surface area contributed by atoms with Gasteiger partial charge in [0.2, 0.25) is 0 Å². The Hall–Kier alpha value is -0.570. The molecule has 1 aliphatic carbocycles. The van der Waals surface area contributed by atoms with Crippen LogP contribution in [0, 0.1) is 5.92 Å². The average molecular weight is 213 g/mol. The number of carbonyl (C=O) groups excluding carboxylic acids is 1. The topological polar surface area (TPSA) is 38.3 Å². The highest BCUT2D eigenvalue weighted by molar-refractivity contribution is 5.75. The Bertz CT molecular complexity index is 186. The fourth-order valence-electron chi connectivity index (χ4n) is 2.17. The lowest BCUT2D eigenvalue weighted by Crippen LogP contribution is -2.37. The Labute approximate surface area is 92.6 Å². The van der Waals surface area contributed by atoms with E-state index in [4.69, 9.17) is 0 Å². The van der Waals surface area contributed by atoms with E-state index in [1.54, 1.807) is 0 Å². The number of nitrogens with one attached hydrogen (secondary N) is 1. The van der Waals surface area contributed by atoms with Gasteiger partial charge in [0.05, 0.1) is 7.11 Å². The summed E-state index contributed by atoms with van der Waals surface area (Å²) in [5.74, 6) is 0.586. The number of hydrogen-bond acceptors (Lipinski definition) is 3. The van der Waals surface area contributed by atoms with Crippen molar-refractivity contribution in [2.75, 3.05) is 13.7 Å². The SMILES string of the molecule is COC(=O)[C@H](C)NCC1CCCCCC1. The van der Waals surface area contributed by atoms with E-state index in [0.717, 1.165) is 12.5 Å². The summed E-state index contributed by atoms with van der Waals surface area (Å²) in [5.41, 5.74) is 0. The highest BCUT2D eigenvalue weighted by atomic mass is 16.5. The van der Waals surface area contributed by atoms with Gasteiger partial charge < -0.3 is 10.1 Å². The molecule has 0 saturated heterocycles. The van der Waals surface area contributed by atoms with Gasteiger partial charge in [-0.2, -0.15) is 0 Å². The first-order chi connectivity index (χ1) is 7.24. The molecule has 88 valence electrons. The van der Waals surface area contributed by atoms with Crippen molar-refractivity contribution in [2.24, 2.45) is 5.92 Å². The molecule has 15 heavy (non-hydrogen) atoms. The van der Waals surface area contributed by atoms with Crippen LogP contribution in [0.3, 0.4) is 0 Å². The maximum absolute atomic E-state index is 11.2. The second kappa shape index (κ2) is 6.83. The van der Waals surface area contributed by atoms with Crippen LogP contribution >= 0.6 is 0 Å². The fourth-order valence-corrected chi connectivity index (χ4v) is 2.17. The van der Waals surface area contributed by atoms with Gasteiger partial charge in [-0.15, -0.1) is 0 Å². The Balaban J connectivity index is 2.19. The van der Waals surface area contributed by atoms with Crippen LogP contribution in [0.1, 0.15) is 45.4 Å². The summed E-state index contributed by atoms with van der Waals surface area (Å²) in [6.07, 6.45) is 8.06. The van der Waals surface area contributed by atoms with Crippen LogP contribution in [0.2, 0.25) is 0 Å². The van der Waals surface area contributed by atoms with Gasteiger partial charge >= 0.3 is 5.97 Å². The second-order valence-electron chi connectivity index (χ2n) is 4.51. The van der Waals surface area contributed by atoms with Crippen LogP contribution in [0.4, 0.5) is 0 Å². The summed E-state index contributed by atoms with van der Waals surface area (Å²) in [5, 5.41) is 3.26. The Kier molecular flexibility index (Phi) is 5.69. The van der Waals surface area contributed by atoms with Gasteiger partial charge in [-0.25, -0.2) is 0 Å². The largest absolute Gasteiger partial charge is 0.468 e. The monoisotopic (exact) mass is 213 g/mol. The molecule has 1 saturated carbocycles. The zero-order chi connectivity index (χ0) is 11.1. The zero-order valence-corrected chi connectivity index (χ0v) is 9.92.